The molecule has 0 aliphatic carbocycles. The molecule has 2 amide bonds. The smallest absolute Gasteiger partial charge is 0.254 e. The van der Waals surface area contributed by atoms with Crippen molar-refractivity contribution < 1.29 is 14.3 Å². The van der Waals surface area contributed by atoms with Gasteiger partial charge in [0.25, 0.3) is 5.91 Å². The summed E-state index contributed by atoms with van der Waals surface area (Å²) < 4.78 is 5.12. The van der Waals surface area contributed by atoms with Gasteiger partial charge in [-0.1, -0.05) is 12.1 Å². The van der Waals surface area contributed by atoms with Gasteiger partial charge in [0.2, 0.25) is 5.91 Å². The molecule has 0 atom stereocenters. The fourth-order valence-corrected chi connectivity index (χ4v) is 4.78. The number of aryl methyl sites for hydroxylation is 1. The van der Waals surface area contributed by atoms with E-state index in [0.717, 1.165) is 34.5 Å². The number of rotatable bonds is 3. The van der Waals surface area contributed by atoms with E-state index in [9.17, 15) is 9.59 Å². The van der Waals surface area contributed by atoms with Crippen LogP contribution in [0.2, 0.25) is 0 Å². The minimum absolute atomic E-state index is 0.0181. The number of likely N-dealkylation sites (tertiary alicyclic amines) is 1. The van der Waals surface area contributed by atoms with E-state index in [0.29, 0.717) is 32.5 Å². The molecule has 2 aliphatic rings. The predicted octanol–water partition coefficient (Wildman–Crippen LogP) is 2.19. The van der Waals surface area contributed by atoms with Gasteiger partial charge in [-0.15, -0.1) is 0 Å². The highest BCUT2D eigenvalue weighted by atomic mass is 16.5. The molecule has 1 fully saturated rings. The Morgan fingerprint density at radius 1 is 1.21 bits per heavy atom. The molecule has 3 heterocycles. The van der Waals surface area contributed by atoms with Gasteiger partial charge in [-0.25, -0.2) is 4.98 Å². The molecule has 1 N–H and O–H groups in total. The van der Waals surface area contributed by atoms with Gasteiger partial charge < -0.3 is 19.5 Å². The largest absolute Gasteiger partial charge is 0.375 e. The molecular weight excluding hydrogens is 368 g/mol. The van der Waals surface area contributed by atoms with Gasteiger partial charge in [-0.05, 0) is 43.9 Å². The maximum atomic E-state index is 13.2. The standard InChI is InChI=1S/C22H28N4O3/c1-15-5-4-6-17(16(15)2)21(28)25-11-8-22(9-12-25)20-18(23-14-24-20)7-10-26(22)19(27)13-29-3/h4-6,14H,7-13H2,1-3H3,(H,23,24). The highest BCUT2D eigenvalue weighted by molar-refractivity contribution is 5.96. The van der Waals surface area contributed by atoms with Crippen molar-refractivity contribution in [3.05, 3.63) is 52.6 Å². The molecule has 1 aromatic carbocycles. The van der Waals surface area contributed by atoms with Crippen LogP contribution in [0, 0.1) is 13.8 Å². The van der Waals surface area contributed by atoms with Crippen molar-refractivity contribution in [2.24, 2.45) is 0 Å². The van der Waals surface area contributed by atoms with Crippen LogP contribution in [0.1, 0.15) is 45.7 Å². The van der Waals surface area contributed by atoms with Crippen LogP contribution in [0.4, 0.5) is 0 Å². The third kappa shape index (κ3) is 3.23. The van der Waals surface area contributed by atoms with E-state index < -0.39 is 5.54 Å². The Kier molecular flexibility index (Phi) is 5.17. The molecule has 0 unspecified atom stereocenters. The molecule has 1 aromatic heterocycles. The summed E-state index contributed by atoms with van der Waals surface area (Å²) in [5.74, 6) is 0.0457. The zero-order valence-corrected chi connectivity index (χ0v) is 17.3. The average molecular weight is 396 g/mol. The van der Waals surface area contributed by atoms with Crippen LogP contribution in [-0.2, 0) is 21.5 Å². The lowest BCUT2D eigenvalue weighted by atomic mass is 9.78. The van der Waals surface area contributed by atoms with Crippen LogP contribution in [0.15, 0.2) is 24.5 Å². The summed E-state index contributed by atoms with van der Waals surface area (Å²) in [4.78, 5) is 37.6. The molecule has 7 heteroatoms. The van der Waals surface area contributed by atoms with E-state index in [2.05, 4.69) is 9.97 Å². The number of piperidine rings is 1. The highest BCUT2D eigenvalue weighted by Crippen LogP contribution is 2.42. The van der Waals surface area contributed by atoms with Gasteiger partial charge in [-0.2, -0.15) is 0 Å². The minimum atomic E-state index is -0.471. The van der Waals surface area contributed by atoms with Crippen molar-refractivity contribution in [3.63, 3.8) is 0 Å². The summed E-state index contributed by atoms with van der Waals surface area (Å²) in [6, 6.07) is 5.86. The van der Waals surface area contributed by atoms with Gasteiger partial charge in [0.05, 0.1) is 17.6 Å². The zero-order valence-electron chi connectivity index (χ0n) is 17.3. The fourth-order valence-electron chi connectivity index (χ4n) is 4.78. The number of H-pyrrole nitrogens is 1. The van der Waals surface area contributed by atoms with Crippen LogP contribution >= 0.6 is 0 Å². The number of amides is 2. The molecule has 29 heavy (non-hydrogen) atoms. The maximum absolute atomic E-state index is 13.2. The molecule has 7 nitrogen and oxygen atoms in total. The number of hydrogen-bond donors (Lipinski definition) is 1. The molecule has 2 aromatic rings. The Morgan fingerprint density at radius 2 is 1.97 bits per heavy atom. The lowest BCUT2D eigenvalue weighted by Gasteiger charge is -2.50. The SMILES string of the molecule is COCC(=O)N1CCc2[nH]cnc2C12CCN(C(=O)c1cccc(C)c1C)CC2. The van der Waals surface area contributed by atoms with Gasteiger partial charge in [-0.3, -0.25) is 9.59 Å². The van der Waals surface area contributed by atoms with Crippen molar-refractivity contribution >= 4 is 11.8 Å². The Labute approximate surface area is 171 Å². The zero-order chi connectivity index (χ0) is 20.6. The molecule has 1 saturated heterocycles. The minimum Gasteiger partial charge on any atom is -0.375 e. The lowest BCUT2D eigenvalue weighted by Crippen LogP contribution is -2.59. The summed E-state index contributed by atoms with van der Waals surface area (Å²) >= 11 is 0. The second-order valence-corrected chi connectivity index (χ2v) is 8.03. The third-order valence-electron chi connectivity index (χ3n) is 6.54. The summed E-state index contributed by atoms with van der Waals surface area (Å²) in [6.45, 7) is 5.91. The normalized spacial score (nSPS) is 18.0. The number of hydrogen-bond acceptors (Lipinski definition) is 4. The molecule has 0 radical (unpaired) electrons. The van der Waals surface area contributed by atoms with Gasteiger partial charge in [0.15, 0.2) is 0 Å². The highest BCUT2D eigenvalue weighted by Gasteiger charge is 2.49. The van der Waals surface area contributed by atoms with E-state index in [1.807, 2.05) is 41.8 Å². The summed E-state index contributed by atoms with van der Waals surface area (Å²) in [5, 5.41) is 0. The summed E-state index contributed by atoms with van der Waals surface area (Å²) in [5.41, 5.74) is 4.49. The molecule has 0 saturated carbocycles. The lowest BCUT2D eigenvalue weighted by molar-refractivity contribution is -0.145. The number of methoxy groups -OCH3 is 1. The first-order chi connectivity index (χ1) is 14.0. The number of nitrogens with one attached hydrogen (secondary N) is 1. The quantitative estimate of drug-likeness (QED) is 0.863. The first-order valence-corrected chi connectivity index (χ1v) is 10.2. The monoisotopic (exact) mass is 396 g/mol. The van der Waals surface area contributed by atoms with Crippen LogP contribution in [0.25, 0.3) is 0 Å². The average Bonchev–Trinajstić information content (AvgIpc) is 3.21. The summed E-state index contributed by atoms with van der Waals surface area (Å²) in [6.07, 6.45) is 3.83. The Morgan fingerprint density at radius 3 is 2.69 bits per heavy atom. The molecule has 154 valence electrons. The molecule has 2 aliphatic heterocycles. The van der Waals surface area contributed by atoms with Crippen LogP contribution in [-0.4, -0.2) is 64.9 Å². The van der Waals surface area contributed by atoms with E-state index in [-0.39, 0.29) is 18.4 Å². The van der Waals surface area contributed by atoms with Gasteiger partial charge in [0.1, 0.15) is 6.61 Å². The fraction of sp³-hybridized carbons (Fsp3) is 0.500. The predicted molar refractivity (Wildman–Crippen MR) is 109 cm³/mol. The summed E-state index contributed by atoms with van der Waals surface area (Å²) in [7, 11) is 1.54. The first kappa shape index (κ1) is 19.6. The molecular formula is C22H28N4O3. The van der Waals surface area contributed by atoms with Gasteiger partial charge in [0, 0.05) is 44.4 Å². The number of ether oxygens (including phenoxy) is 1. The van der Waals surface area contributed by atoms with Crippen molar-refractivity contribution in [2.75, 3.05) is 33.4 Å². The number of imidazole rings is 1. The van der Waals surface area contributed by atoms with E-state index in [4.69, 9.17) is 4.74 Å². The first-order valence-electron chi connectivity index (χ1n) is 10.2. The molecule has 1 spiro atoms. The van der Waals surface area contributed by atoms with Crippen LogP contribution < -0.4 is 0 Å². The van der Waals surface area contributed by atoms with E-state index >= 15 is 0 Å². The Hall–Kier alpha value is -2.67. The number of fused-ring (bicyclic) bond motifs is 2. The molecule has 0 bridgehead atoms. The van der Waals surface area contributed by atoms with Crippen molar-refractivity contribution in [3.8, 4) is 0 Å². The topological polar surface area (TPSA) is 78.5 Å². The number of aromatic amines is 1. The number of carbonyl (C=O) groups is 2. The number of nitrogens with zero attached hydrogens (tertiary/aromatic N) is 3. The molecule has 4 rings (SSSR count). The number of aromatic nitrogens is 2. The second-order valence-electron chi connectivity index (χ2n) is 8.03. The number of carbonyl (C=O) groups excluding carboxylic acids is 2. The van der Waals surface area contributed by atoms with Crippen LogP contribution in [0.3, 0.4) is 0 Å². The maximum Gasteiger partial charge on any atom is 0.254 e. The van der Waals surface area contributed by atoms with E-state index in [1.165, 1.54) is 0 Å². The Balaban J connectivity index is 1.59. The van der Waals surface area contributed by atoms with E-state index in [1.54, 1.807) is 13.4 Å². The van der Waals surface area contributed by atoms with Crippen molar-refractivity contribution in [1.82, 2.24) is 19.8 Å². The Bertz CT molecular complexity index is 928. The number of benzene rings is 1. The second kappa shape index (κ2) is 7.63. The van der Waals surface area contributed by atoms with Crippen LogP contribution in [0.5, 0.6) is 0 Å². The van der Waals surface area contributed by atoms with Gasteiger partial charge >= 0.3 is 0 Å². The van der Waals surface area contributed by atoms with Crippen molar-refractivity contribution in [1.29, 1.82) is 0 Å². The third-order valence-corrected chi connectivity index (χ3v) is 6.54. The van der Waals surface area contributed by atoms with Crippen molar-refractivity contribution in [2.45, 2.75) is 38.6 Å².